The van der Waals surface area contributed by atoms with Gasteiger partial charge in [0, 0.05) is 36.2 Å². The first-order valence-corrected chi connectivity index (χ1v) is 10.8. The van der Waals surface area contributed by atoms with Gasteiger partial charge < -0.3 is 9.88 Å². The highest BCUT2D eigenvalue weighted by Crippen LogP contribution is 2.21. The third kappa shape index (κ3) is 5.94. The number of ketones is 1. The molecule has 7 nitrogen and oxygen atoms in total. The Morgan fingerprint density at radius 1 is 1.19 bits per heavy atom. The highest BCUT2D eigenvalue weighted by atomic mass is 35.5. The van der Waals surface area contributed by atoms with Gasteiger partial charge in [0.25, 0.3) is 0 Å². The standard InChI is InChI=1S/C22H20ClN5O2S/c1-14-3-8-17(11-18(14)23)25-21(30)10-9-20-26-27-22(28(20)2)31-13-19(29)16-6-4-15(12-24)5-7-16/h3-8,11H,9-10,13H2,1-2H3,(H,25,30). The van der Waals surface area contributed by atoms with Crippen molar-refractivity contribution in [1.82, 2.24) is 14.8 Å². The monoisotopic (exact) mass is 453 g/mol. The number of halogens is 1. The molecule has 0 radical (unpaired) electrons. The summed E-state index contributed by atoms with van der Waals surface area (Å²) in [6, 6.07) is 13.9. The molecule has 0 spiro atoms. The number of benzene rings is 2. The second-order valence-corrected chi connectivity index (χ2v) is 8.22. The summed E-state index contributed by atoms with van der Waals surface area (Å²) in [5, 5.41) is 21.1. The zero-order valence-electron chi connectivity index (χ0n) is 17.1. The smallest absolute Gasteiger partial charge is 0.224 e. The van der Waals surface area contributed by atoms with E-state index in [9.17, 15) is 9.59 Å². The first-order chi connectivity index (χ1) is 14.9. The van der Waals surface area contributed by atoms with Crippen LogP contribution in [0.5, 0.6) is 0 Å². The zero-order valence-corrected chi connectivity index (χ0v) is 18.6. The minimum absolute atomic E-state index is 0.0600. The van der Waals surface area contributed by atoms with E-state index >= 15 is 0 Å². The summed E-state index contributed by atoms with van der Waals surface area (Å²) in [5.74, 6) is 0.653. The molecule has 0 saturated heterocycles. The van der Waals surface area contributed by atoms with E-state index in [0.29, 0.717) is 39.2 Å². The van der Waals surface area contributed by atoms with E-state index < -0.39 is 0 Å². The number of hydrogen-bond donors (Lipinski definition) is 1. The van der Waals surface area contributed by atoms with Gasteiger partial charge in [0.2, 0.25) is 5.91 Å². The third-order valence-electron chi connectivity index (χ3n) is 4.62. The van der Waals surface area contributed by atoms with Crippen LogP contribution in [-0.4, -0.2) is 32.2 Å². The highest BCUT2D eigenvalue weighted by molar-refractivity contribution is 7.99. The van der Waals surface area contributed by atoms with Crippen molar-refractivity contribution in [2.75, 3.05) is 11.1 Å². The number of hydrogen-bond acceptors (Lipinski definition) is 6. The van der Waals surface area contributed by atoms with E-state index in [1.165, 1.54) is 11.8 Å². The van der Waals surface area contributed by atoms with Crippen molar-refractivity contribution in [1.29, 1.82) is 5.26 Å². The predicted octanol–water partition coefficient (Wildman–Crippen LogP) is 4.19. The summed E-state index contributed by atoms with van der Waals surface area (Å²) in [7, 11) is 1.81. The number of carbonyl (C=O) groups is 2. The van der Waals surface area contributed by atoms with Gasteiger partial charge in [-0.15, -0.1) is 10.2 Å². The van der Waals surface area contributed by atoms with Gasteiger partial charge in [0.15, 0.2) is 10.9 Å². The number of Topliss-reactive ketones (excluding diaryl/α,β-unsaturated/α-hetero) is 1. The number of nitriles is 1. The Hall–Kier alpha value is -3.15. The summed E-state index contributed by atoms with van der Waals surface area (Å²) in [5.41, 5.74) is 2.65. The number of amides is 1. The van der Waals surface area contributed by atoms with Gasteiger partial charge in [-0.2, -0.15) is 5.26 Å². The fourth-order valence-electron chi connectivity index (χ4n) is 2.75. The minimum Gasteiger partial charge on any atom is -0.326 e. The fourth-order valence-corrected chi connectivity index (χ4v) is 3.76. The van der Waals surface area contributed by atoms with Gasteiger partial charge in [0.1, 0.15) is 5.82 Å². The van der Waals surface area contributed by atoms with E-state index in [-0.39, 0.29) is 23.9 Å². The van der Waals surface area contributed by atoms with Gasteiger partial charge in [0.05, 0.1) is 17.4 Å². The lowest BCUT2D eigenvalue weighted by Crippen LogP contribution is -2.13. The van der Waals surface area contributed by atoms with Gasteiger partial charge in [-0.05, 0) is 36.8 Å². The molecule has 3 aromatic rings. The third-order valence-corrected chi connectivity index (χ3v) is 6.05. The number of nitrogens with zero attached hydrogens (tertiary/aromatic N) is 4. The van der Waals surface area contributed by atoms with Crippen LogP contribution in [-0.2, 0) is 18.3 Å². The maximum absolute atomic E-state index is 12.3. The molecule has 2 aromatic carbocycles. The molecule has 1 aromatic heterocycles. The molecule has 0 unspecified atom stereocenters. The quantitative estimate of drug-likeness (QED) is 0.405. The van der Waals surface area contributed by atoms with Crippen LogP contribution in [0.2, 0.25) is 5.02 Å². The average Bonchev–Trinajstić information content (AvgIpc) is 3.12. The maximum atomic E-state index is 12.3. The molecular formula is C22H20ClN5O2S. The number of nitrogens with one attached hydrogen (secondary N) is 1. The Morgan fingerprint density at radius 2 is 1.94 bits per heavy atom. The van der Waals surface area contributed by atoms with Gasteiger partial charge in [-0.1, -0.05) is 41.6 Å². The number of thioether (sulfide) groups is 1. The number of anilines is 1. The fraction of sp³-hybridized carbons (Fsp3) is 0.227. The van der Waals surface area contributed by atoms with Gasteiger partial charge >= 0.3 is 0 Å². The molecular weight excluding hydrogens is 434 g/mol. The van der Waals surface area contributed by atoms with Crippen LogP contribution in [0.15, 0.2) is 47.6 Å². The van der Waals surface area contributed by atoms with Crippen molar-refractivity contribution in [2.45, 2.75) is 24.9 Å². The first kappa shape index (κ1) is 22.5. The van der Waals surface area contributed by atoms with Crippen molar-refractivity contribution in [2.24, 2.45) is 7.05 Å². The summed E-state index contributed by atoms with van der Waals surface area (Å²) in [6.45, 7) is 1.90. The molecule has 3 rings (SSSR count). The van der Waals surface area contributed by atoms with Crippen molar-refractivity contribution in [3.63, 3.8) is 0 Å². The summed E-state index contributed by atoms with van der Waals surface area (Å²) in [6.07, 6.45) is 0.658. The number of carbonyl (C=O) groups excluding carboxylic acids is 2. The maximum Gasteiger partial charge on any atom is 0.224 e. The van der Waals surface area contributed by atoms with Crippen LogP contribution in [0.25, 0.3) is 0 Å². The second-order valence-electron chi connectivity index (χ2n) is 6.87. The molecule has 0 aliphatic rings. The molecule has 158 valence electrons. The Bertz CT molecular complexity index is 1150. The number of rotatable bonds is 8. The predicted molar refractivity (Wildman–Crippen MR) is 120 cm³/mol. The molecule has 0 saturated carbocycles. The molecule has 1 N–H and O–H groups in total. The van der Waals surface area contributed by atoms with Gasteiger partial charge in [-0.3, -0.25) is 9.59 Å². The van der Waals surface area contributed by atoms with Crippen LogP contribution in [0, 0.1) is 18.3 Å². The SMILES string of the molecule is Cc1ccc(NC(=O)CCc2nnc(SCC(=O)c3ccc(C#N)cc3)n2C)cc1Cl. The van der Waals surface area contributed by atoms with Crippen LogP contribution >= 0.6 is 23.4 Å². The molecule has 0 fully saturated rings. The lowest BCUT2D eigenvalue weighted by molar-refractivity contribution is -0.116. The largest absolute Gasteiger partial charge is 0.326 e. The Morgan fingerprint density at radius 3 is 2.61 bits per heavy atom. The molecule has 31 heavy (non-hydrogen) atoms. The molecule has 1 heterocycles. The molecule has 0 aliphatic carbocycles. The number of aryl methyl sites for hydroxylation is 2. The normalized spacial score (nSPS) is 10.5. The Kier molecular flexibility index (Phi) is 7.45. The summed E-state index contributed by atoms with van der Waals surface area (Å²) >= 11 is 7.37. The lowest BCUT2D eigenvalue weighted by atomic mass is 10.1. The average molecular weight is 454 g/mol. The van der Waals surface area contributed by atoms with Crippen molar-refractivity contribution in [3.8, 4) is 6.07 Å². The Balaban J connectivity index is 1.52. The van der Waals surface area contributed by atoms with Gasteiger partial charge in [-0.25, -0.2) is 0 Å². The summed E-state index contributed by atoms with van der Waals surface area (Å²) in [4.78, 5) is 24.6. The zero-order chi connectivity index (χ0) is 22.4. The molecule has 0 aliphatic heterocycles. The molecule has 1 amide bonds. The molecule has 9 heteroatoms. The molecule has 0 atom stereocenters. The van der Waals surface area contributed by atoms with Crippen molar-refractivity contribution >= 4 is 40.7 Å². The number of aromatic nitrogens is 3. The summed E-state index contributed by atoms with van der Waals surface area (Å²) < 4.78 is 1.78. The van der Waals surface area contributed by atoms with Crippen LogP contribution in [0.3, 0.4) is 0 Å². The topological polar surface area (TPSA) is 101 Å². The van der Waals surface area contributed by atoms with E-state index in [2.05, 4.69) is 15.5 Å². The second kappa shape index (κ2) is 10.2. The van der Waals surface area contributed by atoms with E-state index in [1.54, 1.807) is 41.0 Å². The van der Waals surface area contributed by atoms with Crippen molar-refractivity contribution < 1.29 is 9.59 Å². The Labute approximate surface area is 189 Å². The molecule has 0 bridgehead atoms. The van der Waals surface area contributed by atoms with Crippen LogP contribution < -0.4 is 5.32 Å². The van der Waals surface area contributed by atoms with Crippen LogP contribution in [0.4, 0.5) is 5.69 Å². The van der Waals surface area contributed by atoms with E-state index in [4.69, 9.17) is 16.9 Å². The lowest BCUT2D eigenvalue weighted by Gasteiger charge is -2.07. The first-order valence-electron chi connectivity index (χ1n) is 9.48. The van der Waals surface area contributed by atoms with E-state index in [1.807, 2.05) is 26.1 Å². The highest BCUT2D eigenvalue weighted by Gasteiger charge is 2.14. The van der Waals surface area contributed by atoms with Crippen molar-refractivity contribution in [3.05, 3.63) is 70.0 Å². The van der Waals surface area contributed by atoms with Crippen LogP contribution in [0.1, 0.15) is 33.7 Å². The van der Waals surface area contributed by atoms with E-state index in [0.717, 1.165) is 5.56 Å². The minimum atomic E-state index is -0.145.